The molecule has 10 heteroatoms. The minimum atomic E-state index is -3.74. The van der Waals surface area contributed by atoms with E-state index in [2.05, 4.69) is 14.8 Å². The van der Waals surface area contributed by atoms with E-state index in [1.807, 2.05) is 0 Å². The van der Waals surface area contributed by atoms with Crippen LogP contribution in [-0.4, -0.2) is 31.6 Å². The molecule has 0 spiro atoms. The lowest BCUT2D eigenvalue weighted by molar-refractivity contribution is -0.286. The topological polar surface area (TPSA) is 92.3 Å². The molecule has 0 aliphatic carbocycles. The maximum atomic E-state index is 13.0. The van der Waals surface area contributed by atoms with Crippen molar-refractivity contribution in [3.63, 3.8) is 0 Å². The first kappa shape index (κ1) is 16.9. The van der Waals surface area contributed by atoms with Crippen LogP contribution in [0.15, 0.2) is 36.4 Å². The zero-order valence-corrected chi connectivity index (χ0v) is 13.5. The third-order valence-corrected chi connectivity index (χ3v) is 3.63. The summed E-state index contributed by atoms with van der Waals surface area (Å²) in [4.78, 5) is 23.9. The summed E-state index contributed by atoms with van der Waals surface area (Å²) in [5, 5.41) is 2.41. The van der Waals surface area contributed by atoms with Gasteiger partial charge in [-0.15, -0.1) is 8.78 Å². The summed E-state index contributed by atoms with van der Waals surface area (Å²) < 4.78 is 49.7. The summed E-state index contributed by atoms with van der Waals surface area (Å²) in [6.45, 7) is -0.504. The number of halogens is 2. The number of rotatable bonds is 4. The Bertz CT molecular complexity index is 931. The molecule has 1 N–H and O–H groups in total. The highest BCUT2D eigenvalue weighted by atomic mass is 19.3. The molecule has 0 saturated heterocycles. The average Bonchev–Trinajstić information content (AvgIpc) is 3.20. The highest BCUT2D eigenvalue weighted by Crippen LogP contribution is 2.42. The van der Waals surface area contributed by atoms with Crippen LogP contribution in [0, 0.1) is 0 Å². The Hall–Kier alpha value is -3.56. The van der Waals surface area contributed by atoms with E-state index in [-0.39, 0.29) is 29.5 Å². The van der Waals surface area contributed by atoms with Crippen LogP contribution >= 0.6 is 0 Å². The first-order valence-electron chi connectivity index (χ1n) is 7.66. The number of esters is 1. The van der Waals surface area contributed by atoms with E-state index in [0.29, 0.717) is 11.5 Å². The smallest absolute Gasteiger partial charge is 0.454 e. The fraction of sp³-hybridized carbons (Fsp3) is 0.176. The van der Waals surface area contributed by atoms with Crippen LogP contribution < -0.4 is 24.3 Å². The number of carbonyl (C=O) groups is 2. The van der Waals surface area contributed by atoms with Crippen molar-refractivity contribution >= 4 is 17.6 Å². The molecular formula is C17H11F2NO7. The number of anilines is 1. The lowest BCUT2D eigenvalue weighted by Gasteiger charge is -2.07. The average molecular weight is 379 g/mol. The molecule has 0 bridgehead atoms. The summed E-state index contributed by atoms with van der Waals surface area (Å²) in [7, 11) is 0. The number of hydrogen-bond acceptors (Lipinski definition) is 7. The summed E-state index contributed by atoms with van der Waals surface area (Å²) in [5.74, 6) is -0.824. The third kappa shape index (κ3) is 3.54. The van der Waals surface area contributed by atoms with Gasteiger partial charge in [0.05, 0.1) is 5.56 Å². The number of nitrogens with one attached hydrogen (secondary N) is 1. The molecule has 0 unspecified atom stereocenters. The predicted octanol–water partition coefficient (Wildman–Crippen LogP) is 2.53. The van der Waals surface area contributed by atoms with Crippen molar-refractivity contribution < 1.29 is 42.1 Å². The van der Waals surface area contributed by atoms with Crippen molar-refractivity contribution in [2.75, 3.05) is 18.7 Å². The minimum Gasteiger partial charge on any atom is -0.454 e. The van der Waals surface area contributed by atoms with Crippen LogP contribution in [0.3, 0.4) is 0 Å². The first-order valence-corrected chi connectivity index (χ1v) is 7.66. The van der Waals surface area contributed by atoms with E-state index in [1.165, 1.54) is 30.3 Å². The monoisotopic (exact) mass is 379 g/mol. The molecule has 0 fully saturated rings. The van der Waals surface area contributed by atoms with Crippen LogP contribution in [0.4, 0.5) is 14.5 Å². The normalized spacial score (nSPS) is 15.3. The van der Waals surface area contributed by atoms with E-state index >= 15 is 0 Å². The maximum absolute atomic E-state index is 13.0. The fourth-order valence-electron chi connectivity index (χ4n) is 2.46. The molecule has 2 aliphatic rings. The summed E-state index contributed by atoms with van der Waals surface area (Å²) >= 11 is 0. The Balaban J connectivity index is 1.33. The lowest BCUT2D eigenvalue weighted by atomic mass is 10.2. The molecule has 1 amide bonds. The molecule has 4 rings (SSSR count). The van der Waals surface area contributed by atoms with Crippen LogP contribution in [-0.2, 0) is 9.53 Å². The van der Waals surface area contributed by atoms with Gasteiger partial charge in [0.1, 0.15) is 0 Å². The first-order chi connectivity index (χ1) is 12.9. The molecule has 8 nitrogen and oxygen atoms in total. The quantitative estimate of drug-likeness (QED) is 0.816. The Morgan fingerprint density at radius 1 is 1.00 bits per heavy atom. The van der Waals surface area contributed by atoms with Crippen molar-refractivity contribution in [3.8, 4) is 23.0 Å². The number of alkyl halides is 2. The molecule has 0 saturated carbocycles. The van der Waals surface area contributed by atoms with E-state index < -0.39 is 24.8 Å². The summed E-state index contributed by atoms with van der Waals surface area (Å²) in [6.07, 6.45) is -3.74. The minimum absolute atomic E-state index is 0.0672. The number of amides is 1. The largest absolute Gasteiger partial charge is 0.586 e. The number of fused-ring (bicyclic) bond motifs is 2. The van der Waals surface area contributed by atoms with Crippen molar-refractivity contribution in [1.82, 2.24) is 0 Å². The zero-order chi connectivity index (χ0) is 19.0. The number of carbonyl (C=O) groups excluding carboxylic acids is 2. The van der Waals surface area contributed by atoms with Gasteiger partial charge in [0.2, 0.25) is 6.79 Å². The van der Waals surface area contributed by atoms with Crippen molar-refractivity contribution in [2.45, 2.75) is 6.29 Å². The maximum Gasteiger partial charge on any atom is 0.586 e. The SMILES string of the molecule is O=C(COC(=O)c1ccc2c(c1)OCO2)Nc1ccc2c(c1)OC(F)(F)O2. The van der Waals surface area contributed by atoms with Crippen LogP contribution in [0.5, 0.6) is 23.0 Å². The van der Waals surface area contributed by atoms with Gasteiger partial charge in [-0.2, -0.15) is 0 Å². The standard InChI is InChI=1S/C17H11F2NO7/c18-17(19)26-12-4-2-10(6-14(12)27-17)20-15(21)7-23-16(22)9-1-3-11-13(5-9)25-8-24-11/h1-6H,7-8H2,(H,20,21). The number of benzene rings is 2. The Morgan fingerprint density at radius 3 is 2.59 bits per heavy atom. The van der Waals surface area contributed by atoms with Gasteiger partial charge < -0.3 is 29.0 Å². The highest BCUT2D eigenvalue weighted by Gasteiger charge is 2.43. The zero-order valence-electron chi connectivity index (χ0n) is 13.5. The van der Waals surface area contributed by atoms with Gasteiger partial charge in [0.15, 0.2) is 29.6 Å². The van der Waals surface area contributed by atoms with Gasteiger partial charge in [-0.25, -0.2) is 4.79 Å². The van der Waals surface area contributed by atoms with Crippen molar-refractivity contribution in [2.24, 2.45) is 0 Å². The Morgan fingerprint density at radius 2 is 1.74 bits per heavy atom. The van der Waals surface area contributed by atoms with Gasteiger partial charge in [-0.05, 0) is 30.3 Å². The number of ether oxygens (including phenoxy) is 5. The molecule has 140 valence electrons. The number of hydrogen-bond donors (Lipinski definition) is 1. The fourth-order valence-corrected chi connectivity index (χ4v) is 2.46. The van der Waals surface area contributed by atoms with E-state index in [4.69, 9.17) is 14.2 Å². The van der Waals surface area contributed by atoms with Gasteiger partial charge in [-0.1, -0.05) is 0 Å². The third-order valence-electron chi connectivity index (χ3n) is 3.63. The second-order valence-electron chi connectivity index (χ2n) is 5.52. The van der Waals surface area contributed by atoms with Crippen LogP contribution in [0.1, 0.15) is 10.4 Å². The van der Waals surface area contributed by atoms with Gasteiger partial charge in [0, 0.05) is 11.8 Å². The molecule has 0 aromatic heterocycles. The van der Waals surface area contributed by atoms with Gasteiger partial charge in [0.25, 0.3) is 5.91 Å². The molecule has 2 aromatic carbocycles. The Kier molecular flexibility index (Phi) is 3.94. The molecule has 0 radical (unpaired) electrons. The van der Waals surface area contributed by atoms with E-state index in [1.54, 1.807) is 6.07 Å². The second kappa shape index (κ2) is 6.31. The van der Waals surface area contributed by atoms with Crippen LogP contribution in [0.25, 0.3) is 0 Å². The van der Waals surface area contributed by atoms with Crippen molar-refractivity contribution in [3.05, 3.63) is 42.0 Å². The molecule has 2 heterocycles. The molecule has 2 aromatic rings. The predicted molar refractivity (Wildman–Crippen MR) is 84.1 cm³/mol. The Labute approximate surface area is 150 Å². The van der Waals surface area contributed by atoms with E-state index in [0.717, 1.165) is 0 Å². The van der Waals surface area contributed by atoms with Gasteiger partial charge >= 0.3 is 12.3 Å². The molecule has 27 heavy (non-hydrogen) atoms. The van der Waals surface area contributed by atoms with Crippen molar-refractivity contribution in [1.29, 1.82) is 0 Å². The molecular weight excluding hydrogens is 368 g/mol. The van der Waals surface area contributed by atoms with Crippen LogP contribution in [0.2, 0.25) is 0 Å². The summed E-state index contributed by atoms with van der Waals surface area (Å²) in [5.41, 5.74) is 0.372. The van der Waals surface area contributed by atoms with Gasteiger partial charge in [-0.3, -0.25) is 4.79 Å². The lowest BCUT2D eigenvalue weighted by Crippen LogP contribution is -2.25. The summed E-state index contributed by atoms with van der Waals surface area (Å²) in [6, 6.07) is 8.23. The second-order valence-corrected chi connectivity index (χ2v) is 5.52. The molecule has 2 aliphatic heterocycles. The van der Waals surface area contributed by atoms with E-state index in [9.17, 15) is 18.4 Å². The highest BCUT2D eigenvalue weighted by molar-refractivity contribution is 5.96. The molecule has 0 atom stereocenters.